The summed E-state index contributed by atoms with van der Waals surface area (Å²) in [6.07, 6.45) is 0.167. The molecule has 4 rings (SSSR count). The summed E-state index contributed by atoms with van der Waals surface area (Å²) in [6, 6.07) is 27.6. The number of anilines is 1. The number of hydrogen-bond donors (Lipinski definition) is 2. The SMILES string of the molecule is Cc1cccc(NC(=O)C[C@H]2C(=O)N(Cc3ccccc3)CC[NH+]2Cc2ccccc2)c1. The van der Waals surface area contributed by atoms with Crippen LogP contribution in [0.15, 0.2) is 84.9 Å². The highest BCUT2D eigenvalue weighted by Crippen LogP contribution is 2.13. The summed E-state index contributed by atoms with van der Waals surface area (Å²) in [7, 11) is 0. The van der Waals surface area contributed by atoms with E-state index < -0.39 is 6.04 Å². The molecule has 1 aliphatic heterocycles. The Morgan fingerprint density at radius 2 is 1.66 bits per heavy atom. The molecule has 1 aliphatic rings. The van der Waals surface area contributed by atoms with Gasteiger partial charge in [-0.25, -0.2) is 0 Å². The molecule has 0 aliphatic carbocycles. The number of carbonyl (C=O) groups is 2. The first kappa shape index (κ1) is 21.8. The third-order valence-electron chi connectivity index (χ3n) is 5.99. The van der Waals surface area contributed by atoms with E-state index in [-0.39, 0.29) is 18.2 Å². The van der Waals surface area contributed by atoms with Gasteiger partial charge in [-0.2, -0.15) is 0 Å². The second-order valence-corrected chi connectivity index (χ2v) is 8.49. The quantitative estimate of drug-likeness (QED) is 0.608. The fourth-order valence-electron chi connectivity index (χ4n) is 4.34. The molecule has 1 heterocycles. The van der Waals surface area contributed by atoms with Crippen molar-refractivity contribution in [3.05, 3.63) is 102 Å². The summed E-state index contributed by atoms with van der Waals surface area (Å²) >= 11 is 0. The average Bonchev–Trinajstić information content (AvgIpc) is 2.79. The van der Waals surface area contributed by atoms with Crippen molar-refractivity contribution in [2.45, 2.75) is 32.5 Å². The van der Waals surface area contributed by atoms with E-state index in [2.05, 4.69) is 17.4 Å². The molecule has 0 radical (unpaired) electrons. The molecular weight excluding hydrogens is 398 g/mol. The van der Waals surface area contributed by atoms with Gasteiger partial charge in [-0.05, 0) is 30.2 Å². The molecule has 2 atom stereocenters. The van der Waals surface area contributed by atoms with Gasteiger partial charge in [-0.15, -0.1) is 0 Å². The molecule has 2 N–H and O–H groups in total. The number of rotatable bonds is 7. The lowest BCUT2D eigenvalue weighted by molar-refractivity contribution is -0.932. The van der Waals surface area contributed by atoms with Crippen molar-refractivity contribution in [1.82, 2.24) is 4.90 Å². The monoisotopic (exact) mass is 428 g/mol. The van der Waals surface area contributed by atoms with Crippen LogP contribution in [-0.4, -0.2) is 35.8 Å². The van der Waals surface area contributed by atoms with Gasteiger partial charge in [0.25, 0.3) is 5.91 Å². The molecule has 3 aromatic carbocycles. The van der Waals surface area contributed by atoms with E-state index in [4.69, 9.17) is 0 Å². The molecule has 0 spiro atoms. The zero-order valence-electron chi connectivity index (χ0n) is 18.5. The summed E-state index contributed by atoms with van der Waals surface area (Å²) in [6.45, 7) is 4.80. The van der Waals surface area contributed by atoms with Crippen LogP contribution in [0.4, 0.5) is 5.69 Å². The topological polar surface area (TPSA) is 53.9 Å². The summed E-state index contributed by atoms with van der Waals surface area (Å²) in [4.78, 5) is 29.4. The molecule has 0 saturated carbocycles. The molecule has 1 fully saturated rings. The van der Waals surface area contributed by atoms with Crippen molar-refractivity contribution in [2.24, 2.45) is 0 Å². The Hall–Kier alpha value is -3.44. The molecule has 1 unspecified atom stereocenters. The van der Waals surface area contributed by atoms with E-state index in [0.717, 1.165) is 34.8 Å². The van der Waals surface area contributed by atoms with Crippen LogP contribution in [0.3, 0.4) is 0 Å². The Kier molecular flexibility index (Phi) is 6.97. The first-order valence-electron chi connectivity index (χ1n) is 11.2. The fraction of sp³-hybridized carbons (Fsp3) is 0.259. The molecule has 5 nitrogen and oxygen atoms in total. The summed E-state index contributed by atoms with van der Waals surface area (Å²) in [5.74, 6) is -0.0773. The highest BCUT2D eigenvalue weighted by Gasteiger charge is 2.39. The van der Waals surface area contributed by atoms with Gasteiger partial charge >= 0.3 is 0 Å². The van der Waals surface area contributed by atoms with Crippen molar-refractivity contribution in [3.63, 3.8) is 0 Å². The van der Waals surface area contributed by atoms with Gasteiger partial charge in [-0.1, -0.05) is 72.8 Å². The molecule has 1 saturated heterocycles. The van der Waals surface area contributed by atoms with Crippen LogP contribution in [0.1, 0.15) is 23.1 Å². The summed E-state index contributed by atoms with van der Waals surface area (Å²) in [5, 5.41) is 2.98. The third kappa shape index (κ3) is 5.62. The number of benzene rings is 3. The van der Waals surface area contributed by atoms with Crippen LogP contribution in [0.25, 0.3) is 0 Å². The second-order valence-electron chi connectivity index (χ2n) is 8.49. The van der Waals surface area contributed by atoms with E-state index >= 15 is 0 Å². The molecule has 32 heavy (non-hydrogen) atoms. The van der Waals surface area contributed by atoms with Crippen molar-refractivity contribution in [3.8, 4) is 0 Å². The number of aryl methyl sites for hydroxylation is 1. The van der Waals surface area contributed by atoms with Crippen LogP contribution in [0, 0.1) is 6.92 Å². The predicted octanol–water partition coefficient (Wildman–Crippen LogP) is 2.82. The zero-order valence-corrected chi connectivity index (χ0v) is 18.5. The molecule has 3 aromatic rings. The van der Waals surface area contributed by atoms with Gasteiger partial charge in [0, 0.05) is 17.8 Å². The van der Waals surface area contributed by atoms with Crippen LogP contribution in [0.5, 0.6) is 0 Å². The van der Waals surface area contributed by atoms with Crippen LogP contribution >= 0.6 is 0 Å². The highest BCUT2D eigenvalue weighted by molar-refractivity contribution is 5.95. The Morgan fingerprint density at radius 1 is 0.969 bits per heavy atom. The molecule has 0 bridgehead atoms. The van der Waals surface area contributed by atoms with Crippen LogP contribution in [-0.2, 0) is 22.7 Å². The fourth-order valence-corrected chi connectivity index (χ4v) is 4.34. The molecular formula is C27H30N3O2+. The van der Waals surface area contributed by atoms with Gasteiger partial charge < -0.3 is 15.1 Å². The minimum absolute atomic E-state index is 0.0467. The van der Waals surface area contributed by atoms with Gasteiger partial charge in [0.1, 0.15) is 6.54 Å². The van der Waals surface area contributed by atoms with Crippen molar-refractivity contribution >= 4 is 17.5 Å². The third-order valence-corrected chi connectivity index (χ3v) is 5.99. The van der Waals surface area contributed by atoms with Crippen molar-refractivity contribution in [1.29, 1.82) is 0 Å². The Bertz CT molecular complexity index is 1050. The number of nitrogens with one attached hydrogen (secondary N) is 2. The highest BCUT2D eigenvalue weighted by atomic mass is 16.2. The van der Waals surface area contributed by atoms with Crippen molar-refractivity contribution < 1.29 is 14.5 Å². The minimum Gasteiger partial charge on any atom is -0.328 e. The lowest BCUT2D eigenvalue weighted by atomic mass is 10.0. The van der Waals surface area contributed by atoms with Gasteiger partial charge in [0.05, 0.1) is 19.5 Å². The first-order valence-corrected chi connectivity index (χ1v) is 11.2. The largest absolute Gasteiger partial charge is 0.328 e. The maximum Gasteiger partial charge on any atom is 0.281 e. The van der Waals surface area contributed by atoms with E-state index in [1.165, 1.54) is 5.56 Å². The Morgan fingerprint density at radius 3 is 2.34 bits per heavy atom. The number of hydrogen-bond acceptors (Lipinski definition) is 2. The van der Waals surface area contributed by atoms with Gasteiger partial charge in [0.2, 0.25) is 5.91 Å². The normalized spacial score (nSPS) is 18.4. The van der Waals surface area contributed by atoms with E-state index in [0.29, 0.717) is 13.1 Å². The molecule has 164 valence electrons. The molecule has 5 heteroatoms. The van der Waals surface area contributed by atoms with Crippen LogP contribution in [0.2, 0.25) is 0 Å². The van der Waals surface area contributed by atoms with Gasteiger partial charge in [0.15, 0.2) is 6.04 Å². The standard InChI is InChI=1S/C27H29N3O2/c1-21-9-8-14-24(17-21)28-26(31)18-25-27(32)30(20-23-12-6-3-7-13-23)16-15-29(25)19-22-10-4-2-5-11-22/h2-14,17,25H,15-16,18-20H2,1H3,(H,28,31)/p+1/t25-/m0/s1. The first-order chi connectivity index (χ1) is 15.6. The Balaban J connectivity index is 1.50. The maximum absolute atomic E-state index is 13.5. The van der Waals surface area contributed by atoms with E-state index in [9.17, 15) is 9.59 Å². The number of nitrogens with zero attached hydrogens (tertiary/aromatic N) is 1. The van der Waals surface area contributed by atoms with E-state index in [1.54, 1.807) is 0 Å². The molecule has 2 amide bonds. The second kappa shape index (κ2) is 10.2. The summed E-state index contributed by atoms with van der Waals surface area (Å²) < 4.78 is 0. The predicted molar refractivity (Wildman–Crippen MR) is 126 cm³/mol. The van der Waals surface area contributed by atoms with Crippen molar-refractivity contribution in [2.75, 3.05) is 18.4 Å². The molecule has 0 aromatic heterocycles. The zero-order chi connectivity index (χ0) is 22.3. The van der Waals surface area contributed by atoms with Gasteiger partial charge in [-0.3, -0.25) is 9.59 Å². The van der Waals surface area contributed by atoms with E-state index in [1.807, 2.05) is 84.6 Å². The smallest absolute Gasteiger partial charge is 0.281 e. The number of quaternary nitrogens is 1. The lowest BCUT2D eigenvalue weighted by Gasteiger charge is -2.38. The average molecular weight is 429 g/mol. The van der Waals surface area contributed by atoms with Crippen LogP contribution < -0.4 is 10.2 Å². The number of amides is 2. The number of carbonyl (C=O) groups excluding carboxylic acids is 2. The minimum atomic E-state index is -0.405. The Labute approximate surface area is 189 Å². The lowest BCUT2D eigenvalue weighted by Crippen LogP contribution is -3.18. The maximum atomic E-state index is 13.5. The number of piperazine rings is 1. The summed E-state index contributed by atoms with van der Waals surface area (Å²) in [5.41, 5.74) is 4.14.